The van der Waals surface area contributed by atoms with E-state index in [0.717, 1.165) is 33.5 Å². The zero-order valence-electron chi connectivity index (χ0n) is 26.3. The Morgan fingerprint density at radius 2 is 1.15 bits per heavy atom. The fourth-order valence-corrected chi connectivity index (χ4v) is 7.59. The van der Waals surface area contributed by atoms with E-state index >= 15 is 0 Å². The molecule has 2 aromatic heterocycles. The van der Waals surface area contributed by atoms with Crippen LogP contribution in [0, 0.1) is 0 Å². The Kier molecular flexibility index (Phi) is 6.16. The lowest BCUT2D eigenvalue weighted by Gasteiger charge is -2.25. The number of nitrogens with zero attached hydrogens (tertiary/aromatic N) is 3. The molecule has 6 aromatic carbocycles. The molecule has 0 radical (unpaired) electrons. The monoisotopic (exact) mass is 601 g/mol. The van der Waals surface area contributed by atoms with Crippen LogP contribution in [0.3, 0.4) is 0 Å². The lowest BCUT2D eigenvalue weighted by molar-refractivity contribution is 0.662. The Bertz CT molecular complexity index is 2420. The highest BCUT2D eigenvalue weighted by atomic mass is 14.9. The van der Waals surface area contributed by atoms with Crippen molar-refractivity contribution in [3.8, 4) is 56.2 Å². The Balaban J connectivity index is 1.27. The van der Waals surface area contributed by atoms with Crippen molar-refractivity contribution in [2.75, 3.05) is 0 Å². The summed E-state index contributed by atoms with van der Waals surface area (Å²) < 4.78 is 0. The highest BCUT2D eigenvalue weighted by Crippen LogP contribution is 2.55. The van der Waals surface area contributed by atoms with Gasteiger partial charge >= 0.3 is 0 Å². The maximum Gasteiger partial charge on any atom is 0.161 e. The summed E-state index contributed by atoms with van der Waals surface area (Å²) in [5.74, 6) is 0.699. The van der Waals surface area contributed by atoms with Gasteiger partial charge in [-0.1, -0.05) is 129 Å². The zero-order chi connectivity index (χ0) is 31.5. The van der Waals surface area contributed by atoms with E-state index in [1.807, 2.05) is 36.5 Å². The molecular weight excluding hydrogens is 571 g/mol. The molecule has 2 heterocycles. The molecule has 3 nitrogen and oxygen atoms in total. The standard InChI is InChI=1S/C44H31N3/c1-44(2)38-24-21-28-12-6-7-16-31(28)41(38)37-20-10-19-35(42(37)44)34-22-23-36(33-18-9-8-17-32(33)34)43-46-39(29-13-4-3-5-14-29)26-40(47-43)30-15-11-25-45-27-30/h3-27H,1-2H3. The molecule has 0 amide bonds. The van der Waals surface area contributed by atoms with Gasteiger partial charge in [-0.15, -0.1) is 0 Å². The molecule has 1 aliphatic carbocycles. The number of benzene rings is 6. The third-order valence-electron chi connectivity index (χ3n) is 9.77. The van der Waals surface area contributed by atoms with Crippen LogP contribution in [0.4, 0.5) is 0 Å². The van der Waals surface area contributed by atoms with E-state index < -0.39 is 0 Å². The smallest absolute Gasteiger partial charge is 0.161 e. The second-order valence-corrected chi connectivity index (χ2v) is 12.8. The summed E-state index contributed by atoms with van der Waals surface area (Å²) in [6.07, 6.45) is 3.65. The molecule has 3 heteroatoms. The molecule has 1 aliphatic rings. The normalized spacial score (nSPS) is 13.1. The molecule has 0 aliphatic heterocycles. The first kappa shape index (κ1) is 27.4. The molecule has 0 spiro atoms. The van der Waals surface area contributed by atoms with Crippen LogP contribution in [0.25, 0.3) is 77.7 Å². The Morgan fingerprint density at radius 3 is 1.94 bits per heavy atom. The minimum Gasteiger partial charge on any atom is -0.264 e. The van der Waals surface area contributed by atoms with Gasteiger partial charge in [-0.05, 0) is 79.2 Å². The van der Waals surface area contributed by atoms with E-state index in [1.54, 1.807) is 6.20 Å². The van der Waals surface area contributed by atoms with Crippen LogP contribution in [0.5, 0.6) is 0 Å². The first-order valence-electron chi connectivity index (χ1n) is 16.1. The topological polar surface area (TPSA) is 38.7 Å². The summed E-state index contributed by atoms with van der Waals surface area (Å²) >= 11 is 0. The quantitative estimate of drug-likeness (QED) is 0.201. The van der Waals surface area contributed by atoms with Crippen molar-refractivity contribution in [3.05, 3.63) is 163 Å². The van der Waals surface area contributed by atoms with Crippen LogP contribution in [0.15, 0.2) is 152 Å². The predicted octanol–water partition coefficient (Wildman–Crippen LogP) is 11.2. The molecule has 0 atom stereocenters. The number of aromatic nitrogens is 3. The maximum atomic E-state index is 5.16. The van der Waals surface area contributed by atoms with Gasteiger partial charge in [0.1, 0.15) is 0 Å². The fraction of sp³-hybridized carbons (Fsp3) is 0.0682. The summed E-state index contributed by atoms with van der Waals surface area (Å²) in [5, 5.41) is 4.91. The van der Waals surface area contributed by atoms with Gasteiger partial charge in [0.05, 0.1) is 11.4 Å². The van der Waals surface area contributed by atoms with Crippen molar-refractivity contribution < 1.29 is 0 Å². The van der Waals surface area contributed by atoms with Gasteiger partial charge in [0.25, 0.3) is 0 Å². The lowest BCUT2D eigenvalue weighted by Crippen LogP contribution is -2.16. The summed E-state index contributed by atoms with van der Waals surface area (Å²) in [5.41, 5.74) is 12.5. The minimum atomic E-state index is -0.156. The minimum absolute atomic E-state index is 0.156. The molecule has 8 aromatic rings. The Morgan fingerprint density at radius 1 is 0.489 bits per heavy atom. The van der Waals surface area contributed by atoms with Crippen molar-refractivity contribution in [1.82, 2.24) is 15.0 Å². The summed E-state index contributed by atoms with van der Waals surface area (Å²) in [7, 11) is 0. The van der Waals surface area contributed by atoms with Gasteiger partial charge in [0.2, 0.25) is 0 Å². The van der Waals surface area contributed by atoms with Crippen molar-refractivity contribution in [2.45, 2.75) is 19.3 Å². The van der Waals surface area contributed by atoms with Crippen LogP contribution in [0.1, 0.15) is 25.0 Å². The van der Waals surface area contributed by atoms with Gasteiger partial charge in [-0.3, -0.25) is 4.98 Å². The van der Waals surface area contributed by atoms with Crippen LogP contribution in [-0.2, 0) is 5.41 Å². The van der Waals surface area contributed by atoms with Crippen LogP contribution < -0.4 is 0 Å². The van der Waals surface area contributed by atoms with E-state index in [9.17, 15) is 0 Å². The van der Waals surface area contributed by atoms with Crippen LogP contribution >= 0.6 is 0 Å². The Hall–Kier alpha value is -5.93. The average Bonchev–Trinajstić information content (AvgIpc) is 3.38. The van der Waals surface area contributed by atoms with Crippen molar-refractivity contribution >= 4 is 21.5 Å². The highest BCUT2D eigenvalue weighted by molar-refractivity contribution is 6.08. The van der Waals surface area contributed by atoms with Crippen molar-refractivity contribution in [2.24, 2.45) is 0 Å². The average molecular weight is 602 g/mol. The van der Waals surface area contributed by atoms with E-state index in [1.165, 1.54) is 49.5 Å². The summed E-state index contributed by atoms with van der Waals surface area (Å²) in [4.78, 5) is 14.7. The number of pyridine rings is 1. The maximum absolute atomic E-state index is 5.16. The molecule has 47 heavy (non-hydrogen) atoms. The molecule has 0 unspecified atom stereocenters. The van der Waals surface area contributed by atoms with Gasteiger partial charge in [-0.25, -0.2) is 9.97 Å². The molecule has 0 saturated carbocycles. The third-order valence-corrected chi connectivity index (χ3v) is 9.77. The summed E-state index contributed by atoms with van der Waals surface area (Å²) in [6.45, 7) is 4.74. The van der Waals surface area contributed by atoms with Gasteiger partial charge in [0, 0.05) is 34.5 Å². The highest BCUT2D eigenvalue weighted by Gasteiger charge is 2.38. The SMILES string of the molecule is CC1(C)c2ccc3ccccc3c2-c2cccc(-c3ccc(-c4nc(-c5ccccc5)cc(-c5cccnc5)n4)c4ccccc34)c21. The molecule has 0 bridgehead atoms. The van der Waals surface area contributed by atoms with Gasteiger partial charge < -0.3 is 0 Å². The molecular formula is C44H31N3. The van der Waals surface area contributed by atoms with E-state index in [0.29, 0.717) is 5.82 Å². The molecule has 222 valence electrons. The zero-order valence-corrected chi connectivity index (χ0v) is 26.3. The van der Waals surface area contributed by atoms with Crippen molar-refractivity contribution in [3.63, 3.8) is 0 Å². The lowest BCUT2D eigenvalue weighted by atomic mass is 9.78. The van der Waals surface area contributed by atoms with Crippen LogP contribution in [-0.4, -0.2) is 15.0 Å². The molecule has 9 rings (SSSR count). The second-order valence-electron chi connectivity index (χ2n) is 12.8. The second kappa shape index (κ2) is 10.6. The first-order chi connectivity index (χ1) is 23.1. The fourth-order valence-electron chi connectivity index (χ4n) is 7.59. The van der Waals surface area contributed by atoms with Gasteiger partial charge in [0.15, 0.2) is 5.82 Å². The largest absolute Gasteiger partial charge is 0.264 e. The first-order valence-corrected chi connectivity index (χ1v) is 16.1. The van der Waals surface area contributed by atoms with Crippen molar-refractivity contribution in [1.29, 1.82) is 0 Å². The molecule has 0 N–H and O–H groups in total. The van der Waals surface area contributed by atoms with Gasteiger partial charge in [-0.2, -0.15) is 0 Å². The number of hydrogen-bond acceptors (Lipinski definition) is 3. The molecule has 0 fully saturated rings. The number of hydrogen-bond donors (Lipinski definition) is 0. The third kappa shape index (κ3) is 4.31. The predicted molar refractivity (Wildman–Crippen MR) is 194 cm³/mol. The number of rotatable bonds is 4. The van der Waals surface area contributed by atoms with E-state index in [-0.39, 0.29) is 5.41 Å². The van der Waals surface area contributed by atoms with Crippen LogP contribution in [0.2, 0.25) is 0 Å². The number of fused-ring (bicyclic) bond motifs is 6. The Labute approximate surface area is 274 Å². The van der Waals surface area contributed by atoms with E-state index in [2.05, 4.69) is 128 Å². The van der Waals surface area contributed by atoms with E-state index in [4.69, 9.17) is 9.97 Å². The molecule has 0 saturated heterocycles. The summed E-state index contributed by atoms with van der Waals surface area (Å²) in [6, 6.07) is 49.7.